The first-order valence-corrected chi connectivity index (χ1v) is 11.3. The first kappa shape index (κ1) is 23.9. The van der Waals surface area contributed by atoms with Gasteiger partial charge in [-0.25, -0.2) is 9.78 Å². The SMILES string of the molecule is CC(=O)c1ccc(NC(=O)N(C)c2c(C)nc3ccc(C(=O)N4CCN(C(C)=O)CC4)cn23)cc1. The van der Waals surface area contributed by atoms with Crippen molar-refractivity contribution in [3.05, 3.63) is 59.4 Å². The van der Waals surface area contributed by atoms with Crippen molar-refractivity contribution < 1.29 is 19.2 Å². The monoisotopic (exact) mass is 476 g/mol. The fourth-order valence-corrected chi connectivity index (χ4v) is 4.18. The van der Waals surface area contributed by atoms with Crippen molar-refractivity contribution in [2.24, 2.45) is 0 Å². The van der Waals surface area contributed by atoms with Crippen LogP contribution in [0.25, 0.3) is 5.65 Å². The van der Waals surface area contributed by atoms with Crippen LogP contribution in [0.15, 0.2) is 42.6 Å². The second-order valence-electron chi connectivity index (χ2n) is 8.59. The summed E-state index contributed by atoms with van der Waals surface area (Å²) in [6, 6.07) is 9.75. The topological polar surface area (TPSA) is 107 Å². The second-order valence-corrected chi connectivity index (χ2v) is 8.59. The van der Waals surface area contributed by atoms with Gasteiger partial charge in [-0.2, -0.15) is 0 Å². The largest absolute Gasteiger partial charge is 0.339 e. The third kappa shape index (κ3) is 4.86. The van der Waals surface area contributed by atoms with E-state index in [9.17, 15) is 19.2 Å². The zero-order valence-corrected chi connectivity index (χ0v) is 20.2. The molecule has 4 rings (SSSR count). The van der Waals surface area contributed by atoms with Gasteiger partial charge < -0.3 is 15.1 Å². The number of nitrogens with one attached hydrogen (secondary N) is 1. The number of fused-ring (bicyclic) bond motifs is 1. The number of hydrogen-bond acceptors (Lipinski definition) is 5. The molecule has 0 aliphatic carbocycles. The zero-order valence-electron chi connectivity index (χ0n) is 20.2. The molecule has 4 amide bonds. The number of benzene rings is 1. The van der Waals surface area contributed by atoms with Crippen LogP contribution in [0.3, 0.4) is 0 Å². The van der Waals surface area contributed by atoms with Gasteiger partial charge >= 0.3 is 6.03 Å². The number of pyridine rings is 1. The van der Waals surface area contributed by atoms with E-state index in [1.807, 2.05) is 0 Å². The maximum Gasteiger partial charge on any atom is 0.327 e. The Morgan fingerprint density at radius 2 is 1.49 bits per heavy atom. The van der Waals surface area contributed by atoms with Gasteiger partial charge in [0.15, 0.2) is 5.78 Å². The van der Waals surface area contributed by atoms with E-state index in [-0.39, 0.29) is 23.6 Å². The van der Waals surface area contributed by atoms with Crippen molar-refractivity contribution in [1.29, 1.82) is 0 Å². The van der Waals surface area contributed by atoms with E-state index < -0.39 is 0 Å². The third-order valence-electron chi connectivity index (χ3n) is 6.19. The predicted octanol–water partition coefficient (Wildman–Crippen LogP) is 2.82. The third-order valence-corrected chi connectivity index (χ3v) is 6.19. The highest BCUT2D eigenvalue weighted by Crippen LogP contribution is 2.23. The number of urea groups is 1. The highest BCUT2D eigenvalue weighted by Gasteiger charge is 2.25. The first-order valence-electron chi connectivity index (χ1n) is 11.3. The molecule has 3 aromatic rings. The highest BCUT2D eigenvalue weighted by molar-refractivity contribution is 6.02. The zero-order chi connectivity index (χ0) is 25.3. The number of carbonyl (C=O) groups is 4. The first-order chi connectivity index (χ1) is 16.7. The van der Waals surface area contributed by atoms with Crippen LogP contribution in [-0.2, 0) is 4.79 Å². The molecule has 1 aliphatic rings. The number of imidazole rings is 1. The summed E-state index contributed by atoms with van der Waals surface area (Å²) in [5, 5.41) is 2.82. The number of Topliss-reactive ketones (excluding diaryl/α,β-unsaturated/α-hetero) is 1. The van der Waals surface area contributed by atoms with Gasteiger partial charge in [0, 0.05) is 57.6 Å². The fourth-order valence-electron chi connectivity index (χ4n) is 4.18. The van der Waals surface area contributed by atoms with Gasteiger partial charge in [-0.3, -0.25) is 23.7 Å². The summed E-state index contributed by atoms with van der Waals surface area (Å²) in [5.74, 6) is 0.361. The van der Waals surface area contributed by atoms with Gasteiger partial charge in [0.2, 0.25) is 5.91 Å². The molecule has 0 atom stereocenters. The molecule has 1 N–H and O–H groups in total. The quantitative estimate of drug-likeness (QED) is 0.583. The van der Waals surface area contributed by atoms with E-state index in [4.69, 9.17) is 0 Å². The average molecular weight is 477 g/mol. The predicted molar refractivity (Wildman–Crippen MR) is 132 cm³/mol. The summed E-state index contributed by atoms with van der Waals surface area (Å²) in [5.41, 5.74) is 2.84. The molecule has 0 bridgehead atoms. The molecule has 1 aliphatic heterocycles. The maximum absolute atomic E-state index is 13.1. The molecule has 0 saturated carbocycles. The lowest BCUT2D eigenvalue weighted by Gasteiger charge is -2.34. The Hall–Kier alpha value is -4.21. The van der Waals surface area contributed by atoms with Gasteiger partial charge in [0.25, 0.3) is 5.91 Å². The summed E-state index contributed by atoms with van der Waals surface area (Å²) in [6.07, 6.45) is 1.69. The lowest BCUT2D eigenvalue weighted by molar-refractivity contribution is -0.130. The van der Waals surface area contributed by atoms with E-state index in [1.165, 1.54) is 18.7 Å². The van der Waals surface area contributed by atoms with Gasteiger partial charge in [-0.1, -0.05) is 0 Å². The number of amides is 4. The van der Waals surface area contributed by atoms with Crippen molar-refractivity contribution in [3.63, 3.8) is 0 Å². The minimum Gasteiger partial charge on any atom is -0.339 e. The molecule has 10 nitrogen and oxygen atoms in total. The number of aryl methyl sites for hydroxylation is 1. The number of anilines is 2. The lowest BCUT2D eigenvalue weighted by Crippen LogP contribution is -2.50. The van der Waals surface area contributed by atoms with E-state index in [0.717, 1.165) is 0 Å². The van der Waals surface area contributed by atoms with Crippen molar-refractivity contribution >= 4 is 40.8 Å². The molecule has 0 radical (unpaired) electrons. The highest BCUT2D eigenvalue weighted by atomic mass is 16.2. The van der Waals surface area contributed by atoms with Crippen LogP contribution in [0.2, 0.25) is 0 Å². The Labute approximate surface area is 203 Å². The van der Waals surface area contributed by atoms with E-state index in [1.54, 1.807) is 70.8 Å². The van der Waals surface area contributed by atoms with Crippen LogP contribution in [0.1, 0.15) is 40.3 Å². The van der Waals surface area contributed by atoms with Crippen LogP contribution in [0.4, 0.5) is 16.3 Å². The number of piperazine rings is 1. The summed E-state index contributed by atoms with van der Waals surface area (Å²) >= 11 is 0. The Bertz CT molecular complexity index is 1310. The van der Waals surface area contributed by atoms with E-state index >= 15 is 0 Å². The van der Waals surface area contributed by atoms with Gasteiger partial charge in [-0.05, 0) is 50.2 Å². The van der Waals surface area contributed by atoms with Crippen LogP contribution < -0.4 is 10.2 Å². The van der Waals surface area contributed by atoms with Gasteiger partial charge in [-0.15, -0.1) is 0 Å². The second kappa shape index (κ2) is 9.57. The van der Waals surface area contributed by atoms with Crippen molar-refractivity contribution in [2.75, 3.05) is 43.4 Å². The van der Waals surface area contributed by atoms with Crippen molar-refractivity contribution in [3.8, 4) is 0 Å². The summed E-state index contributed by atoms with van der Waals surface area (Å²) in [6.45, 7) is 6.77. The molecular formula is C25H28N6O4. The maximum atomic E-state index is 13.1. The molecule has 1 fully saturated rings. The summed E-state index contributed by atoms with van der Waals surface area (Å²) < 4.78 is 1.73. The van der Waals surface area contributed by atoms with Gasteiger partial charge in [0.05, 0.1) is 11.3 Å². The molecule has 2 aromatic heterocycles. The Morgan fingerprint density at radius 1 is 0.886 bits per heavy atom. The number of aromatic nitrogens is 2. The molecule has 0 spiro atoms. The summed E-state index contributed by atoms with van der Waals surface area (Å²) in [4.78, 5) is 58.6. The Balaban J connectivity index is 1.55. The van der Waals surface area contributed by atoms with Crippen LogP contribution in [0, 0.1) is 6.92 Å². The fraction of sp³-hybridized carbons (Fsp3) is 0.320. The standard InChI is InChI=1S/C25H28N6O4/c1-16-23(28(4)25(35)27-21-8-5-19(6-9-21)17(2)32)31-15-20(7-10-22(31)26-16)24(34)30-13-11-29(12-14-30)18(3)33/h5-10,15H,11-14H2,1-4H3,(H,27,35). The van der Waals surface area contributed by atoms with Crippen LogP contribution >= 0.6 is 0 Å². The Morgan fingerprint density at radius 3 is 2.09 bits per heavy atom. The van der Waals surface area contributed by atoms with Gasteiger partial charge in [0.1, 0.15) is 11.5 Å². The van der Waals surface area contributed by atoms with E-state index in [0.29, 0.717) is 60.2 Å². The summed E-state index contributed by atoms with van der Waals surface area (Å²) in [7, 11) is 1.63. The molecule has 3 heterocycles. The molecule has 0 unspecified atom stereocenters. The number of rotatable bonds is 4. The minimum atomic E-state index is -0.387. The molecular weight excluding hydrogens is 448 g/mol. The average Bonchev–Trinajstić information content (AvgIpc) is 3.18. The van der Waals surface area contributed by atoms with Crippen molar-refractivity contribution in [1.82, 2.24) is 19.2 Å². The van der Waals surface area contributed by atoms with Crippen molar-refractivity contribution in [2.45, 2.75) is 20.8 Å². The minimum absolute atomic E-state index is 0.00756. The normalized spacial score (nSPS) is 13.6. The number of nitrogens with zero attached hydrogens (tertiary/aromatic N) is 5. The lowest BCUT2D eigenvalue weighted by atomic mass is 10.1. The molecule has 182 valence electrons. The number of ketones is 1. The smallest absolute Gasteiger partial charge is 0.327 e. The molecule has 10 heteroatoms. The molecule has 1 aromatic carbocycles. The number of hydrogen-bond donors (Lipinski definition) is 1. The molecule has 1 saturated heterocycles. The van der Waals surface area contributed by atoms with Crippen LogP contribution in [0.5, 0.6) is 0 Å². The number of carbonyl (C=O) groups excluding carboxylic acids is 4. The molecule has 35 heavy (non-hydrogen) atoms. The van der Waals surface area contributed by atoms with E-state index in [2.05, 4.69) is 10.3 Å². The van der Waals surface area contributed by atoms with Crippen LogP contribution in [-0.4, -0.2) is 76.0 Å². The Kier molecular flexibility index (Phi) is 6.54.